The molecule has 0 aliphatic heterocycles. The number of rotatable bonds is 4. The lowest BCUT2D eigenvalue weighted by molar-refractivity contribution is -0.113. The highest BCUT2D eigenvalue weighted by molar-refractivity contribution is 5.56. The first-order valence-corrected chi connectivity index (χ1v) is 4.03. The number of aldehydes is 1. The van der Waals surface area contributed by atoms with Gasteiger partial charge in [0.15, 0.2) is 12.4 Å². The third kappa shape index (κ3) is 2.38. The fraction of sp³-hybridized carbons (Fsp3) is 0.300. The van der Waals surface area contributed by atoms with E-state index < -0.39 is 0 Å². The first-order chi connectivity index (χ1) is 5.86. The Morgan fingerprint density at radius 2 is 2.08 bits per heavy atom. The standard InChI is InChI=1S/C10H12O2/c1-2-9(8-11)12-10-6-4-3-5-7-10/h3-9H,2H2,1H3. The number of carbonyl (C=O) groups excluding carboxylic acids is 1. The second-order valence-corrected chi connectivity index (χ2v) is 2.51. The van der Waals surface area contributed by atoms with Gasteiger partial charge in [0.25, 0.3) is 0 Å². The van der Waals surface area contributed by atoms with E-state index in [9.17, 15) is 4.79 Å². The maximum Gasteiger partial charge on any atom is 0.160 e. The average Bonchev–Trinajstić information content (AvgIpc) is 2.16. The molecule has 0 bridgehead atoms. The molecule has 0 aromatic heterocycles. The molecular formula is C10H12O2. The van der Waals surface area contributed by atoms with Crippen molar-refractivity contribution in [2.24, 2.45) is 0 Å². The monoisotopic (exact) mass is 164 g/mol. The normalized spacial score (nSPS) is 12.1. The van der Waals surface area contributed by atoms with Gasteiger partial charge in [-0.3, -0.25) is 4.79 Å². The van der Waals surface area contributed by atoms with Gasteiger partial charge in [0.05, 0.1) is 0 Å². The third-order valence-corrected chi connectivity index (χ3v) is 1.58. The summed E-state index contributed by atoms with van der Waals surface area (Å²) < 4.78 is 5.34. The van der Waals surface area contributed by atoms with Crippen LogP contribution in [0.15, 0.2) is 30.3 Å². The summed E-state index contributed by atoms with van der Waals surface area (Å²) in [6, 6.07) is 9.35. The summed E-state index contributed by atoms with van der Waals surface area (Å²) in [7, 11) is 0. The van der Waals surface area contributed by atoms with Crippen LogP contribution in [-0.4, -0.2) is 12.4 Å². The molecule has 0 spiro atoms. The van der Waals surface area contributed by atoms with E-state index in [1.165, 1.54) is 0 Å². The second kappa shape index (κ2) is 4.54. The van der Waals surface area contributed by atoms with Gasteiger partial charge in [0.1, 0.15) is 5.75 Å². The van der Waals surface area contributed by atoms with Crippen LogP contribution < -0.4 is 4.74 Å². The molecule has 0 fully saturated rings. The van der Waals surface area contributed by atoms with Crippen LogP contribution in [0.4, 0.5) is 0 Å². The van der Waals surface area contributed by atoms with Gasteiger partial charge in [-0.15, -0.1) is 0 Å². The van der Waals surface area contributed by atoms with E-state index in [0.29, 0.717) is 6.42 Å². The molecular weight excluding hydrogens is 152 g/mol. The predicted octanol–water partition coefficient (Wildman–Crippen LogP) is 2.04. The Bertz CT molecular complexity index is 231. The molecule has 0 heterocycles. The van der Waals surface area contributed by atoms with E-state index in [2.05, 4.69) is 0 Å². The van der Waals surface area contributed by atoms with Crippen LogP contribution in [-0.2, 0) is 4.79 Å². The van der Waals surface area contributed by atoms with Crippen molar-refractivity contribution < 1.29 is 9.53 Å². The van der Waals surface area contributed by atoms with E-state index in [1.807, 2.05) is 37.3 Å². The van der Waals surface area contributed by atoms with Crippen molar-refractivity contribution in [2.45, 2.75) is 19.4 Å². The summed E-state index contributed by atoms with van der Waals surface area (Å²) >= 11 is 0. The van der Waals surface area contributed by atoms with E-state index in [-0.39, 0.29) is 6.10 Å². The molecule has 0 amide bonds. The summed E-state index contributed by atoms with van der Waals surface area (Å²) in [5, 5.41) is 0. The Morgan fingerprint density at radius 1 is 1.42 bits per heavy atom. The summed E-state index contributed by atoms with van der Waals surface area (Å²) in [4.78, 5) is 10.4. The fourth-order valence-electron chi connectivity index (χ4n) is 0.881. The highest BCUT2D eigenvalue weighted by Gasteiger charge is 2.04. The highest BCUT2D eigenvalue weighted by atomic mass is 16.5. The molecule has 64 valence electrons. The van der Waals surface area contributed by atoms with Crippen LogP contribution in [0.1, 0.15) is 13.3 Å². The van der Waals surface area contributed by atoms with Crippen molar-refractivity contribution in [3.8, 4) is 5.75 Å². The smallest absolute Gasteiger partial charge is 0.160 e. The summed E-state index contributed by atoms with van der Waals surface area (Å²) in [5.41, 5.74) is 0. The number of hydrogen-bond acceptors (Lipinski definition) is 2. The first-order valence-electron chi connectivity index (χ1n) is 4.03. The SMILES string of the molecule is CCC(C=O)Oc1ccccc1. The third-order valence-electron chi connectivity index (χ3n) is 1.58. The lowest BCUT2D eigenvalue weighted by atomic mass is 10.3. The fourth-order valence-corrected chi connectivity index (χ4v) is 0.881. The van der Waals surface area contributed by atoms with Crippen LogP contribution in [0.3, 0.4) is 0 Å². The van der Waals surface area contributed by atoms with Crippen molar-refractivity contribution in [3.05, 3.63) is 30.3 Å². The quantitative estimate of drug-likeness (QED) is 0.636. The molecule has 1 rings (SSSR count). The van der Waals surface area contributed by atoms with Crippen LogP contribution in [0.25, 0.3) is 0 Å². The lowest BCUT2D eigenvalue weighted by Crippen LogP contribution is -2.16. The Kier molecular flexibility index (Phi) is 3.33. The Hall–Kier alpha value is -1.31. The summed E-state index contributed by atoms with van der Waals surface area (Å²) in [6.07, 6.45) is 1.22. The minimum atomic E-state index is -0.313. The molecule has 12 heavy (non-hydrogen) atoms. The second-order valence-electron chi connectivity index (χ2n) is 2.51. The van der Waals surface area contributed by atoms with Crippen molar-refractivity contribution in [2.75, 3.05) is 0 Å². The number of carbonyl (C=O) groups is 1. The number of benzene rings is 1. The van der Waals surface area contributed by atoms with Gasteiger partial charge < -0.3 is 4.74 Å². The first kappa shape index (κ1) is 8.78. The van der Waals surface area contributed by atoms with Gasteiger partial charge in [0, 0.05) is 0 Å². The molecule has 1 atom stereocenters. The van der Waals surface area contributed by atoms with Crippen molar-refractivity contribution in [1.82, 2.24) is 0 Å². The predicted molar refractivity (Wildman–Crippen MR) is 47.2 cm³/mol. The van der Waals surface area contributed by atoms with Gasteiger partial charge in [-0.1, -0.05) is 25.1 Å². The van der Waals surface area contributed by atoms with Gasteiger partial charge >= 0.3 is 0 Å². The summed E-state index contributed by atoms with van der Waals surface area (Å²) in [5.74, 6) is 0.747. The van der Waals surface area contributed by atoms with Gasteiger partial charge in [0.2, 0.25) is 0 Å². The molecule has 2 nitrogen and oxygen atoms in total. The highest BCUT2D eigenvalue weighted by Crippen LogP contribution is 2.10. The number of hydrogen-bond donors (Lipinski definition) is 0. The molecule has 1 aromatic rings. The van der Waals surface area contributed by atoms with E-state index in [4.69, 9.17) is 4.74 Å². The molecule has 1 unspecified atom stereocenters. The topological polar surface area (TPSA) is 26.3 Å². The van der Waals surface area contributed by atoms with E-state index in [0.717, 1.165) is 12.0 Å². The summed E-state index contributed by atoms with van der Waals surface area (Å²) in [6.45, 7) is 1.92. The molecule has 0 saturated heterocycles. The van der Waals surface area contributed by atoms with Crippen molar-refractivity contribution in [1.29, 1.82) is 0 Å². The molecule has 0 saturated carbocycles. The zero-order chi connectivity index (χ0) is 8.81. The molecule has 0 aliphatic carbocycles. The Labute approximate surface area is 72.2 Å². The van der Waals surface area contributed by atoms with Crippen LogP contribution in [0.5, 0.6) is 5.75 Å². The van der Waals surface area contributed by atoms with E-state index in [1.54, 1.807) is 0 Å². The van der Waals surface area contributed by atoms with Gasteiger partial charge in [-0.2, -0.15) is 0 Å². The number of para-hydroxylation sites is 1. The minimum Gasteiger partial charge on any atom is -0.483 e. The minimum absolute atomic E-state index is 0.313. The van der Waals surface area contributed by atoms with Crippen LogP contribution in [0, 0.1) is 0 Å². The van der Waals surface area contributed by atoms with Crippen molar-refractivity contribution in [3.63, 3.8) is 0 Å². The van der Waals surface area contributed by atoms with Gasteiger partial charge in [-0.25, -0.2) is 0 Å². The number of ether oxygens (including phenoxy) is 1. The molecule has 2 heteroatoms. The maximum atomic E-state index is 10.4. The van der Waals surface area contributed by atoms with Crippen LogP contribution >= 0.6 is 0 Å². The average molecular weight is 164 g/mol. The lowest BCUT2D eigenvalue weighted by Gasteiger charge is -2.10. The van der Waals surface area contributed by atoms with E-state index >= 15 is 0 Å². The zero-order valence-electron chi connectivity index (χ0n) is 7.07. The molecule has 0 N–H and O–H groups in total. The molecule has 0 aliphatic rings. The maximum absolute atomic E-state index is 10.4. The Morgan fingerprint density at radius 3 is 2.58 bits per heavy atom. The molecule has 0 radical (unpaired) electrons. The Balaban J connectivity index is 2.56. The van der Waals surface area contributed by atoms with Crippen LogP contribution in [0.2, 0.25) is 0 Å². The molecule has 1 aromatic carbocycles. The van der Waals surface area contributed by atoms with Crippen molar-refractivity contribution >= 4 is 6.29 Å². The van der Waals surface area contributed by atoms with Gasteiger partial charge in [-0.05, 0) is 18.6 Å². The largest absolute Gasteiger partial charge is 0.483 e. The zero-order valence-corrected chi connectivity index (χ0v) is 7.07.